The molecule has 0 spiro atoms. The Balaban J connectivity index is 2.02. The molecule has 1 N–H and O–H groups in total. The van der Waals surface area contributed by atoms with Crippen molar-refractivity contribution in [2.75, 3.05) is 11.9 Å². The lowest BCUT2D eigenvalue weighted by molar-refractivity contribution is -0.384. The maximum Gasteiger partial charge on any atom is 0.312 e. The molecular formula is C27H28N4O4. The van der Waals surface area contributed by atoms with E-state index < -0.39 is 28.8 Å². The molecule has 4 rings (SSSR count). The van der Waals surface area contributed by atoms with Gasteiger partial charge in [0.15, 0.2) is 0 Å². The van der Waals surface area contributed by atoms with Crippen LogP contribution in [0.15, 0.2) is 60.8 Å². The maximum atomic E-state index is 13.5. The first-order chi connectivity index (χ1) is 16.7. The highest BCUT2D eigenvalue weighted by Gasteiger charge is 2.47. The fourth-order valence-electron chi connectivity index (χ4n) is 4.85. The van der Waals surface area contributed by atoms with Crippen molar-refractivity contribution in [1.29, 1.82) is 5.26 Å². The molecule has 0 bridgehead atoms. The highest BCUT2D eigenvalue weighted by Crippen LogP contribution is 2.51. The van der Waals surface area contributed by atoms with Crippen LogP contribution in [0.25, 0.3) is 0 Å². The quantitative estimate of drug-likeness (QED) is 0.298. The number of nitrogens with zero attached hydrogens (tertiary/aromatic N) is 3. The highest BCUT2D eigenvalue weighted by molar-refractivity contribution is 5.80. The fourth-order valence-corrected chi connectivity index (χ4v) is 4.85. The lowest BCUT2D eigenvalue weighted by Gasteiger charge is -2.40. The zero-order chi connectivity index (χ0) is 25.3. The fraction of sp³-hybridized carbons (Fsp3) is 0.333. The Bertz CT molecular complexity index is 1280. The Morgan fingerprint density at radius 3 is 2.34 bits per heavy atom. The van der Waals surface area contributed by atoms with Crippen molar-refractivity contribution in [3.05, 3.63) is 93.2 Å². The summed E-state index contributed by atoms with van der Waals surface area (Å²) in [5.74, 6) is -0.883. The van der Waals surface area contributed by atoms with Crippen LogP contribution >= 0.6 is 0 Å². The van der Waals surface area contributed by atoms with Gasteiger partial charge in [-0.3, -0.25) is 14.9 Å². The number of anilines is 1. The molecule has 0 amide bonds. The van der Waals surface area contributed by atoms with Crippen molar-refractivity contribution in [1.82, 2.24) is 4.57 Å². The average Bonchev–Trinajstić information content (AvgIpc) is 3.22. The molecule has 0 fully saturated rings. The molecular weight excluding hydrogens is 444 g/mol. The van der Waals surface area contributed by atoms with Crippen LogP contribution in [0.5, 0.6) is 0 Å². The van der Waals surface area contributed by atoms with E-state index in [2.05, 4.69) is 11.4 Å². The van der Waals surface area contributed by atoms with Crippen LogP contribution in [0.2, 0.25) is 0 Å². The number of aromatic nitrogens is 1. The lowest BCUT2D eigenvalue weighted by Crippen LogP contribution is -2.40. The van der Waals surface area contributed by atoms with Gasteiger partial charge in [-0.15, -0.1) is 0 Å². The number of ether oxygens (including phenoxy) is 1. The molecule has 8 heteroatoms. The molecule has 0 saturated heterocycles. The first-order valence-electron chi connectivity index (χ1n) is 11.6. The smallest absolute Gasteiger partial charge is 0.312 e. The lowest BCUT2D eigenvalue weighted by atomic mass is 9.72. The largest absolute Gasteiger partial charge is 0.466 e. The van der Waals surface area contributed by atoms with Gasteiger partial charge in [-0.05, 0) is 38.8 Å². The van der Waals surface area contributed by atoms with E-state index in [0.717, 1.165) is 11.4 Å². The zero-order valence-electron chi connectivity index (χ0n) is 20.2. The van der Waals surface area contributed by atoms with E-state index >= 15 is 0 Å². The summed E-state index contributed by atoms with van der Waals surface area (Å²) in [6.45, 7) is 8.11. The monoisotopic (exact) mass is 472 g/mol. The molecule has 0 radical (unpaired) electrons. The molecule has 0 saturated carbocycles. The van der Waals surface area contributed by atoms with Gasteiger partial charge in [0.05, 0.1) is 29.1 Å². The van der Waals surface area contributed by atoms with Gasteiger partial charge >= 0.3 is 5.97 Å². The van der Waals surface area contributed by atoms with E-state index in [1.807, 2.05) is 61.9 Å². The van der Waals surface area contributed by atoms with Crippen molar-refractivity contribution in [3.63, 3.8) is 0 Å². The summed E-state index contributed by atoms with van der Waals surface area (Å²) in [5.41, 5.74) is 2.38. The minimum atomic E-state index is -0.700. The summed E-state index contributed by atoms with van der Waals surface area (Å²) in [6, 6.07) is 17.7. The van der Waals surface area contributed by atoms with E-state index in [1.165, 1.54) is 12.1 Å². The molecule has 35 heavy (non-hydrogen) atoms. The number of nitro groups is 1. The third-order valence-electron chi connectivity index (χ3n) is 6.39. The topological polar surface area (TPSA) is 110 Å². The van der Waals surface area contributed by atoms with Crippen LogP contribution in [0.1, 0.15) is 61.9 Å². The predicted octanol–water partition coefficient (Wildman–Crippen LogP) is 5.50. The normalized spacial score (nSPS) is 19.2. The van der Waals surface area contributed by atoms with Crippen molar-refractivity contribution in [2.24, 2.45) is 5.92 Å². The second-order valence-electron chi connectivity index (χ2n) is 9.59. The summed E-state index contributed by atoms with van der Waals surface area (Å²) < 4.78 is 7.56. The first-order valence-corrected chi connectivity index (χ1v) is 11.6. The number of nitriles is 1. The third-order valence-corrected chi connectivity index (χ3v) is 6.39. The molecule has 180 valence electrons. The van der Waals surface area contributed by atoms with E-state index in [4.69, 9.17) is 4.74 Å². The number of non-ortho nitro benzene ring substituents is 1. The summed E-state index contributed by atoms with van der Waals surface area (Å²) in [4.78, 5) is 24.3. The number of hydrogen-bond acceptors (Lipinski definition) is 6. The van der Waals surface area contributed by atoms with Crippen LogP contribution in [0, 0.1) is 27.4 Å². The van der Waals surface area contributed by atoms with Crippen LogP contribution in [0.4, 0.5) is 11.5 Å². The molecule has 0 aliphatic carbocycles. The maximum absolute atomic E-state index is 13.5. The van der Waals surface area contributed by atoms with Gasteiger partial charge in [0.1, 0.15) is 11.9 Å². The second-order valence-corrected chi connectivity index (χ2v) is 9.59. The molecule has 1 aliphatic heterocycles. The van der Waals surface area contributed by atoms with Gasteiger partial charge < -0.3 is 14.6 Å². The summed E-state index contributed by atoms with van der Waals surface area (Å²) in [6.07, 6.45) is 1.81. The third kappa shape index (κ3) is 4.37. The SMILES string of the molecule is CCOC(=O)[C@@H]1[C@@H](c2ccc([N+](=O)[O-])cc2)c2c(C#N)cn(C(C)(C)C)c2N[C@H]1c1ccccc1. The number of fused-ring (bicyclic) bond motifs is 1. The Hall–Kier alpha value is -4.12. The number of nitro benzene ring substituents is 1. The van der Waals surface area contributed by atoms with Gasteiger partial charge in [0.25, 0.3) is 5.69 Å². The van der Waals surface area contributed by atoms with Gasteiger partial charge in [-0.1, -0.05) is 42.5 Å². The molecule has 3 atom stereocenters. The number of benzene rings is 2. The van der Waals surface area contributed by atoms with Gasteiger partial charge in [0.2, 0.25) is 0 Å². The number of hydrogen-bond donors (Lipinski definition) is 1. The molecule has 8 nitrogen and oxygen atoms in total. The minimum absolute atomic E-state index is 0.0389. The Kier molecular flexibility index (Phi) is 6.35. The number of carbonyl (C=O) groups is 1. The Labute approximate surface area is 204 Å². The Morgan fingerprint density at radius 2 is 1.80 bits per heavy atom. The van der Waals surface area contributed by atoms with Gasteiger partial charge in [0, 0.05) is 35.3 Å². The number of nitrogens with one attached hydrogen (secondary N) is 1. The second kappa shape index (κ2) is 9.26. The number of esters is 1. The van der Waals surface area contributed by atoms with E-state index in [1.54, 1.807) is 19.1 Å². The average molecular weight is 473 g/mol. The van der Waals surface area contributed by atoms with E-state index in [9.17, 15) is 20.2 Å². The predicted molar refractivity (Wildman–Crippen MR) is 132 cm³/mol. The van der Waals surface area contributed by atoms with Crippen LogP contribution in [0.3, 0.4) is 0 Å². The summed E-state index contributed by atoms with van der Waals surface area (Å²) >= 11 is 0. The minimum Gasteiger partial charge on any atom is -0.466 e. The first kappa shape index (κ1) is 24.0. The summed E-state index contributed by atoms with van der Waals surface area (Å²) in [7, 11) is 0. The molecule has 3 aromatic rings. The standard InChI is InChI=1S/C27H28N4O4/c1-5-35-26(32)23-21(17-11-13-20(14-12-17)31(33)34)22-19(15-28)16-30(27(2,3)4)25(22)29-24(23)18-9-7-6-8-10-18/h6-14,16,21,23-24,29H,5H2,1-4H3/t21-,23+,24-/m0/s1. The molecule has 1 aromatic heterocycles. The number of carbonyl (C=O) groups excluding carboxylic acids is 1. The van der Waals surface area contributed by atoms with Crippen molar-refractivity contribution >= 4 is 17.5 Å². The molecule has 0 unspecified atom stereocenters. The van der Waals surface area contributed by atoms with Gasteiger partial charge in [-0.25, -0.2) is 0 Å². The van der Waals surface area contributed by atoms with Crippen LogP contribution in [-0.2, 0) is 15.1 Å². The van der Waals surface area contributed by atoms with Crippen LogP contribution in [-0.4, -0.2) is 22.1 Å². The summed E-state index contributed by atoms with van der Waals surface area (Å²) in [5, 5.41) is 24.9. The van der Waals surface area contributed by atoms with Crippen molar-refractivity contribution < 1.29 is 14.5 Å². The zero-order valence-corrected chi connectivity index (χ0v) is 20.2. The molecule has 2 heterocycles. The highest BCUT2D eigenvalue weighted by atomic mass is 16.6. The van der Waals surface area contributed by atoms with Crippen molar-refractivity contribution in [2.45, 2.75) is 45.2 Å². The number of rotatable bonds is 5. The molecule has 2 aromatic carbocycles. The van der Waals surface area contributed by atoms with E-state index in [0.29, 0.717) is 16.7 Å². The van der Waals surface area contributed by atoms with E-state index in [-0.39, 0.29) is 17.8 Å². The van der Waals surface area contributed by atoms with Gasteiger partial charge in [-0.2, -0.15) is 5.26 Å². The molecule has 1 aliphatic rings. The Morgan fingerprint density at radius 1 is 1.14 bits per heavy atom. The van der Waals surface area contributed by atoms with Crippen LogP contribution < -0.4 is 5.32 Å². The van der Waals surface area contributed by atoms with Crippen molar-refractivity contribution in [3.8, 4) is 6.07 Å².